The highest BCUT2D eigenvalue weighted by Crippen LogP contribution is 2.37. The van der Waals surface area contributed by atoms with Crippen LogP contribution in [0, 0.1) is 15.9 Å². The van der Waals surface area contributed by atoms with Gasteiger partial charge in [-0.15, -0.1) is 11.3 Å². The number of nitrogens with zero attached hydrogens (tertiary/aromatic N) is 2. The van der Waals surface area contributed by atoms with E-state index in [1.807, 2.05) is 0 Å². The number of fused-ring (bicyclic) bond motifs is 1. The Morgan fingerprint density at radius 3 is 2.85 bits per heavy atom. The monoisotopic (exact) mass is 387 g/mol. The Labute approximate surface area is 155 Å². The highest BCUT2D eigenvalue weighted by Gasteiger charge is 2.19. The smallest absolute Gasteiger partial charge is 0.306 e. The van der Waals surface area contributed by atoms with Gasteiger partial charge in [-0.3, -0.25) is 14.9 Å². The number of rotatable bonds is 4. The van der Waals surface area contributed by atoms with Crippen LogP contribution in [0.5, 0.6) is 11.5 Å². The molecule has 1 aliphatic rings. The Balaban J connectivity index is 1.54. The standard InChI is InChI=1S/C17H10FN3O5S/c18-11-3-2-10(6-12(11)21(23)24)20-16(22)15-7-19-17(27-15)9-1-4-13-14(5-9)26-8-25-13/h1-7H,8H2,(H,20,22). The third-order valence-electron chi connectivity index (χ3n) is 3.75. The number of anilines is 1. The molecule has 2 heterocycles. The maximum absolute atomic E-state index is 13.4. The van der Waals surface area contributed by atoms with Crippen LogP contribution in [0.4, 0.5) is 15.8 Å². The van der Waals surface area contributed by atoms with Crippen molar-refractivity contribution >= 4 is 28.6 Å². The third kappa shape index (κ3) is 3.29. The van der Waals surface area contributed by atoms with Crippen molar-refractivity contribution < 1.29 is 23.6 Å². The van der Waals surface area contributed by atoms with Crippen molar-refractivity contribution in [1.82, 2.24) is 4.98 Å². The average molecular weight is 387 g/mol. The number of ether oxygens (including phenoxy) is 2. The van der Waals surface area contributed by atoms with Crippen molar-refractivity contribution in [3.8, 4) is 22.1 Å². The molecule has 0 aliphatic carbocycles. The lowest BCUT2D eigenvalue weighted by Crippen LogP contribution is -2.10. The van der Waals surface area contributed by atoms with Crippen LogP contribution < -0.4 is 14.8 Å². The molecule has 8 nitrogen and oxygen atoms in total. The minimum Gasteiger partial charge on any atom is -0.454 e. The summed E-state index contributed by atoms with van der Waals surface area (Å²) in [6, 6.07) is 8.48. The number of carbonyl (C=O) groups excluding carboxylic acids is 1. The van der Waals surface area contributed by atoms with Gasteiger partial charge in [-0.2, -0.15) is 4.39 Å². The summed E-state index contributed by atoms with van der Waals surface area (Å²) in [6.45, 7) is 0.161. The first-order valence-corrected chi connectivity index (χ1v) is 8.44. The lowest BCUT2D eigenvalue weighted by molar-refractivity contribution is -0.387. The maximum atomic E-state index is 13.4. The van der Waals surface area contributed by atoms with Gasteiger partial charge >= 0.3 is 5.69 Å². The van der Waals surface area contributed by atoms with Gasteiger partial charge in [0.25, 0.3) is 5.91 Å². The van der Waals surface area contributed by atoms with Gasteiger partial charge < -0.3 is 14.8 Å². The summed E-state index contributed by atoms with van der Waals surface area (Å²) in [4.78, 5) is 26.8. The zero-order valence-corrected chi connectivity index (χ0v) is 14.3. The molecule has 0 bridgehead atoms. The minimum absolute atomic E-state index is 0.117. The number of thiazole rings is 1. The molecule has 10 heteroatoms. The SMILES string of the molecule is O=C(Nc1ccc(F)c([N+](=O)[O-])c1)c1cnc(-c2ccc3c(c2)OCO3)s1. The van der Waals surface area contributed by atoms with E-state index in [2.05, 4.69) is 10.3 Å². The van der Waals surface area contributed by atoms with Crippen LogP contribution in [0.2, 0.25) is 0 Å². The Morgan fingerprint density at radius 1 is 1.22 bits per heavy atom. The number of nitro groups is 1. The van der Waals surface area contributed by atoms with E-state index in [0.29, 0.717) is 21.4 Å². The van der Waals surface area contributed by atoms with Gasteiger partial charge in [0.15, 0.2) is 11.5 Å². The minimum atomic E-state index is -0.971. The second kappa shape index (κ2) is 6.65. The number of hydrogen-bond acceptors (Lipinski definition) is 7. The lowest BCUT2D eigenvalue weighted by Gasteiger charge is -2.03. The average Bonchev–Trinajstić information content (AvgIpc) is 3.31. The number of nitrogens with one attached hydrogen (secondary N) is 1. The van der Waals surface area contributed by atoms with Gasteiger partial charge in [-0.25, -0.2) is 4.98 Å². The maximum Gasteiger partial charge on any atom is 0.306 e. The summed E-state index contributed by atoms with van der Waals surface area (Å²) in [6.07, 6.45) is 1.40. The van der Waals surface area contributed by atoms with E-state index in [1.165, 1.54) is 12.3 Å². The molecule has 0 saturated heterocycles. The highest BCUT2D eigenvalue weighted by molar-refractivity contribution is 7.17. The van der Waals surface area contributed by atoms with Crippen LogP contribution in [0.25, 0.3) is 10.6 Å². The molecule has 3 aromatic rings. The molecule has 0 atom stereocenters. The molecule has 1 aromatic heterocycles. The molecule has 0 fully saturated rings. The van der Waals surface area contributed by atoms with E-state index in [0.717, 1.165) is 29.0 Å². The van der Waals surface area contributed by atoms with E-state index in [-0.39, 0.29) is 12.5 Å². The van der Waals surface area contributed by atoms with Gasteiger partial charge in [0.2, 0.25) is 12.6 Å². The first kappa shape index (κ1) is 16.9. The molecule has 0 spiro atoms. The summed E-state index contributed by atoms with van der Waals surface area (Å²) in [7, 11) is 0. The first-order chi connectivity index (χ1) is 13.0. The number of aromatic nitrogens is 1. The van der Waals surface area contributed by atoms with E-state index < -0.39 is 22.3 Å². The summed E-state index contributed by atoms with van der Waals surface area (Å²) in [5, 5.41) is 13.9. The molecular weight excluding hydrogens is 377 g/mol. The second-order valence-corrected chi connectivity index (χ2v) is 6.51. The molecule has 136 valence electrons. The Kier molecular flexibility index (Phi) is 4.16. The number of amides is 1. The van der Waals surface area contributed by atoms with Crippen LogP contribution in [0.1, 0.15) is 9.67 Å². The number of benzene rings is 2. The molecule has 0 unspecified atom stereocenters. The number of hydrogen-bond donors (Lipinski definition) is 1. The fourth-order valence-corrected chi connectivity index (χ4v) is 3.27. The van der Waals surface area contributed by atoms with Crippen molar-refractivity contribution in [1.29, 1.82) is 0 Å². The molecular formula is C17H10FN3O5S. The Morgan fingerprint density at radius 2 is 2.04 bits per heavy atom. The van der Waals surface area contributed by atoms with Gasteiger partial charge in [-0.1, -0.05) is 0 Å². The fourth-order valence-electron chi connectivity index (χ4n) is 2.47. The quantitative estimate of drug-likeness (QED) is 0.539. The van der Waals surface area contributed by atoms with Crippen molar-refractivity contribution in [3.05, 3.63) is 63.4 Å². The van der Waals surface area contributed by atoms with Crippen molar-refractivity contribution in [2.75, 3.05) is 12.1 Å². The zero-order chi connectivity index (χ0) is 19.0. The molecule has 27 heavy (non-hydrogen) atoms. The van der Waals surface area contributed by atoms with Crippen LogP contribution in [-0.2, 0) is 0 Å². The number of halogens is 1. The summed E-state index contributed by atoms with van der Waals surface area (Å²) >= 11 is 1.14. The Bertz CT molecular complexity index is 1070. The number of carbonyl (C=O) groups is 1. The molecule has 0 radical (unpaired) electrons. The molecule has 2 aromatic carbocycles. The van der Waals surface area contributed by atoms with Gasteiger partial charge in [0.1, 0.15) is 9.88 Å². The lowest BCUT2D eigenvalue weighted by atomic mass is 10.2. The van der Waals surface area contributed by atoms with E-state index in [1.54, 1.807) is 18.2 Å². The van der Waals surface area contributed by atoms with Crippen LogP contribution in [-0.4, -0.2) is 22.6 Å². The largest absolute Gasteiger partial charge is 0.454 e. The molecule has 1 amide bonds. The van der Waals surface area contributed by atoms with Crippen molar-refractivity contribution in [3.63, 3.8) is 0 Å². The van der Waals surface area contributed by atoms with Crippen molar-refractivity contribution in [2.45, 2.75) is 0 Å². The predicted molar refractivity (Wildman–Crippen MR) is 94.7 cm³/mol. The first-order valence-electron chi connectivity index (χ1n) is 7.62. The van der Waals surface area contributed by atoms with Gasteiger partial charge in [0.05, 0.1) is 11.1 Å². The second-order valence-electron chi connectivity index (χ2n) is 5.48. The normalized spacial score (nSPS) is 12.0. The van der Waals surface area contributed by atoms with Crippen LogP contribution in [0.15, 0.2) is 42.6 Å². The summed E-state index contributed by atoms with van der Waals surface area (Å²) in [5.74, 6) is -0.222. The van der Waals surface area contributed by atoms with Gasteiger partial charge in [0, 0.05) is 17.3 Å². The fraction of sp³-hybridized carbons (Fsp3) is 0.0588. The predicted octanol–water partition coefficient (Wildman–Crippen LogP) is 3.84. The number of nitro benzene ring substituents is 1. The molecule has 1 aliphatic heterocycles. The van der Waals surface area contributed by atoms with Crippen molar-refractivity contribution in [2.24, 2.45) is 0 Å². The van der Waals surface area contributed by atoms with E-state index in [9.17, 15) is 19.3 Å². The van der Waals surface area contributed by atoms with Crippen LogP contribution >= 0.6 is 11.3 Å². The molecule has 1 N–H and O–H groups in total. The Hall–Kier alpha value is -3.53. The molecule has 0 saturated carbocycles. The summed E-state index contributed by atoms with van der Waals surface area (Å²) in [5.41, 5.74) is 0.171. The topological polar surface area (TPSA) is 104 Å². The van der Waals surface area contributed by atoms with E-state index >= 15 is 0 Å². The van der Waals surface area contributed by atoms with Crippen LogP contribution in [0.3, 0.4) is 0 Å². The zero-order valence-electron chi connectivity index (χ0n) is 13.5. The highest BCUT2D eigenvalue weighted by atomic mass is 32.1. The van der Waals surface area contributed by atoms with Gasteiger partial charge in [-0.05, 0) is 30.3 Å². The molecule has 4 rings (SSSR count). The summed E-state index contributed by atoms with van der Waals surface area (Å²) < 4.78 is 24.0. The van der Waals surface area contributed by atoms with E-state index in [4.69, 9.17) is 9.47 Å². The third-order valence-corrected chi connectivity index (χ3v) is 4.79.